The number of carbonyl (C=O) groups excluding carboxylic acids is 1. The summed E-state index contributed by atoms with van der Waals surface area (Å²) in [6.07, 6.45) is 0.843. The lowest BCUT2D eigenvalue weighted by atomic mass is 10.1. The summed E-state index contributed by atoms with van der Waals surface area (Å²) in [5, 5.41) is 14.6. The molecule has 0 saturated heterocycles. The van der Waals surface area contributed by atoms with Crippen molar-refractivity contribution in [2.24, 2.45) is 5.92 Å². The second kappa shape index (κ2) is 7.41. The number of hydrogen-bond acceptors (Lipinski definition) is 8. The second-order valence-corrected chi connectivity index (χ2v) is 7.09. The summed E-state index contributed by atoms with van der Waals surface area (Å²) < 4.78 is 5.89. The number of carbonyl (C=O) groups is 1. The zero-order valence-corrected chi connectivity index (χ0v) is 13.5. The van der Waals surface area contributed by atoms with Crippen LogP contribution in [0.2, 0.25) is 0 Å². The summed E-state index contributed by atoms with van der Waals surface area (Å²) in [5.74, 6) is 1.52. The summed E-state index contributed by atoms with van der Waals surface area (Å²) in [7, 11) is 0. The first-order valence-corrected chi connectivity index (χ1v) is 8.26. The predicted octanol–water partition coefficient (Wildman–Crippen LogP) is 1.72. The number of nitrogens with two attached hydrogens (primary N) is 1. The van der Waals surface area contributed by atoms with Gasteiger partial charge in [-0.25, -0.2) is 0 Å². The van der Waals surface area contributed by atoms with E-state index in [4.69, 9.17) is 10.3 Å². The van der Waals surface area contributed by atoms with E-state index in [1.807, 2.05) is 6.07 Å². The second-order valence-electron chi connectivity index (χ2n) is 4.85. The lowest BCUT2D eigenvalue weighted by Gasteiger charge is -2.00. The van der Waals surface area contributed by atoms with Gasteiger partial charge < -0.3 is 15.6 Å². The molecule has 2 heterocycles. The van der Waals surface area contributed by atoms with Crippen LogP contribution in [0.15, 0.2) is 14.9 Å². The van der Waals surface area contributed by atoms with E-state index in [0.717, 1.165) is 17.9 Å². The van der Waals surface area contributed by atoms with E-state index in [9.17, 15) is 4.79 Å². The van der Waals surface area contributed by atoms with Crippen molar-refractivity contribution in [3.8, 4) is 0 Å². The van der Waals surface area contributed by atoms with Crippen molar-refractivity contribution in [2.45, 2.75) is 31.2 Å². The highest BCUT2D eigenvalue weighted by molar-refractivity contribution is 8.01. The van der Waals surface area contributed by atoms with E-state index < -0.39 is 0 Å². The predicted molar refractivity (Wildman–Crippen MR) is 81.9 cm³/mol. The van der Waals surface area contributed by atoms with Crippen molar-refractivity contribution < 1.29 is 9.32 Å². The molecule has 9 heteroatoms. The third-order valence-corrected chi connectivity index (χ3v) is 4.32. The summed E-state index contributed by atoms with van der Waals surface area (Å²) in [5.41, 5.74) is 6.19. The number of thioether (sulfide) groups is 1. The molecule has 7 nitrogen and oxygen atoms in total. The van der Waals surface area contributed by atoms with Gasteiger partial charge in [0.15, 0.2) is 4.34 Å². The fourth-order valence-electron chi connectivity index (χ4n) is 1.58. The lowest BCUT2D eigenvalue weighted by molar-refractivity contribution is -0.118. The summed E-state index contributed by atoms with van der Waals surface area (Å²) in [4.78, 5) is 11.7. The van der Waals surface area contributed by atoms with E-state index in [1.165, 1.54) is 23.1 Å². The monoisotopic (exact) mass is 327 g/mol. The zero-order chi connectivity index (χ0) is 15.2. The summed E-state index contributed by atoms with van der Waals surface area (Å²) in [6.45, 7) is 4.59. The highest BCUT2D eigenvalue weighted by Crippen LogP contribution is 2.22. The molecule has 114 valence electrons. The van der Waals surface area contributed by atoms with Crippen molar-refractivity contribution in [2.75, 3.05) is 11.5 Å². The topological polar surface area (TPSA) is 107 Å². The maximum atomic E-state index is 11.7. The molecule has 0 aromatic carbocycles. The molecule has 0 aliphatic heterocycles. The number of rotatable bonds is 7. The van der Waals surface area contributed by atoms with Crippen LogP contribution in [0, 0.1) is 5.92 Å². The minimum atomic E-state index is -0.0952. The number of amides is 1. The van der Waals surface area contributed by atoms with Crippen molar-refractivity contribution in [3.63, 3.8) is 0 Å². The third-order valence-electron chi connectivity index (χ3n) is 2.43. The lowest BCUT2D eigenvalue weighted by Crippen LogP contribution is -2.24. The molecule has 1 amide bonds. The van der Waals surface area contributed by atoms with Crippen molar-refractivity contribution in [1.29, 1.82) is 0 Å². The number of nitrogens with one attached hydrogen (secondary N) is 1. The Morgan fingerprint density at radius 1 is 1.52 bits per heavy atom. The Hall–Kier alpha value is -1.61. The highest BCUT2D eigenvalue weighted by atomic mass is 32.2. The number of hydrogen-bond donors (Lipinski definition) is 2. The average Bonchev–Trinajstić information content (AvgIpc) is 3.02. The van der Waals surface area contributed by atoms with E-state index in [-0.39, 0.29) is 11.7 Å². The molecule has 0 fully saturated rings. The quantitative estimate of drug-likeness (QED) is 0.745. The van der Waals surface area contributed by atoms with E-state index in [0.29, 0.717) is 21.9 Å². The first-order chi connectivity index (χ1) is 10.0. The average molecular weight is 327 g/mol. The van der Waals surface area contributed by atoms with E-state index in [2.05, 4.69) is 34.5 Å². The number of aromatic nitrogens is 3. The molecule has 2 aromatic rings. The van der Waals surface area contributed by atoms with Gasteiger partial charge in [0.1, 0.15) is 11.5 Å². The van der Waals surface area contributed by atoms with Crippen LogP contribution in [-0.2, 0) is 17.8 Å². The van der Waals surface area contributed by atoms with Gasteiger partial charge in [-0.1, -0.05) is 42.1 Å². The SMILES string of the molecule is CC(C)Cc1cc(CNC(=O)CSc2nnc(N)s2)no1. The van der Waals surface area contributed by atoms with Crippen LogP contribution >= 0.6 is 23.1 Å². The standard InChI is InChI=1S/C12H17N5O2S2/c1-7(2)3-9-4-8(17-19-9)5-14-10(18)6-20-12-16-15-11(13)21-12/h4,7H,3,5-6H2,1-2H3,(H2,13,15)(H,14,18). The molecule has 0 unspecified atom stereocenters. The van der Waals surface area contributed by atoms with Crippen molar-refractivity contribution >= 4 is 34.1 Å². The Labute approximate surface area is 130 Å². The number of anilines is 1. The molecular weight excluding hydrogens is 310 g/mol. The molecule has 0 spiro atoms. The minimum absolute atomic E-state index is 0.0952. The molecule has 0 radical (unpaired) electrons. The first kappa shape index (κ1) is 15.8. The Bertz CT molecular complexity index is 596. The molecule has 0 aliphatic rings. The van der Waals surface area contributed by atoms with Gasteiger partial charge in [-0.05, 0) is 5.92 Å². The van der Waals surface area contributed by atoms with Crippen LogP contribution in [0.4, 0.5) is 5.13 Å². The Morgan fingerprint density at radius 2 is 2.33 bits per heavy atom. The maximum Gasteiger partial charge on any atom is 0.230 e. The Morgan fingerprint density at radius 3 is 3.00 bits per heavy atom. The van der Waals surface area contributed by atoms with Crippen LogP contribution in [0.5, 0.6) is 0 Å². The summed E-state index contributed by atoms with van der Waals surface area (Å²) in [6, 6.07) is 1.87. The largest absolute Gasteiger partial charge is 0.374 e. The fourth-order valence-corrected chi connectivity index (χ4v) is 3.05. The number of nitrogen functional groups attached to an aromatic ring is 1. The third kappa shape index (κ3) is 5.35. The van der Waals surface area contributed by atoms with Crippen LogP contribution in [0.25, 0.3) is 0 Å². The van der Waals surface area contributed by atoms with Gasteiger partial charge in [-0.15, -0.1) is 10.2 Å². The molecule has 0 atom stereocenters. The van der Waals surface area contributed by atoms with Crippen molar-refractivity contribution in [1.82, 2.24) is 20.7 Å². The molecule has 21 heavy (non-hydrogen) atoms. The normalized spacial score (nSPS) is 11.0. The molecular formula is C12H17N5O2S2. The zero-order valence-electron chi connectivity index (χ0n) is 11.8. The van der Waals surface area contributed by atoms with E-state index >= 15 is 0 Å². The smallest absolute Gasteiger partial charge is 0.230 e. The van der Waals surface area contributed by atoms with Crippen LogP contribution in [-0.4, -0.2) is 27.0 Å². The molecule has 2 aromatic heterocycles. The van der Waals surface area contributed by atoms with Gasteiger partial charge in [0.2, 0.25) is 11.0 Å². The maximum absolute atomic E-state index is 11.7. The van der Waals surface area contributed by atoms with Gasteiger partial charge in [0, 0.05) is 12.5 Å². The van der Waals surface area contributed by atoms with Crippen LogP contribution < -0.4 is 11.1 Å². The molecule has 2 rings (SSSR count). The summed E-state index contributed by atoms with van der Waals surface area (Å²) >= 11 is 2.57. The Kier molecular flexibility index (Phi) is 5.57. The number of nitrogens with zero attached hydrogens (tertiary/aromatic N) is 3. The minimum Gasteiger partial charge on any atom is -0.374 e. The molecule has 0 saturated carbocycles. The molecule has 3 N–H and O–H groups in total. The highest BCUT2D eigenvalue weighted by Gasteiger charge is 2.09. The van der Waals surface area contributed by atoms with Gasteiger partial charge in [-0.3, -0.25) is 4.79 Å². The van der Waals surface area contributed by atoms with Gasteiger partial charge >= 0.3 is 0 Å². The fraction of sp³-hybridized carbons (Fsp3) is 0.500. The molecule has 0 aliphatic carbocycles. The van der Waals surface area contributed by atoms with Gasteiger partial charge in [-0.2, -0.15) is 0 Å². The van der Waals surface area contributed by atoms with Gasteiger partial charge in [0.05, 0.1) is 12.3 Å². The molecule has 0 bridgehead atoms. The van der Waals surface area contributed by atoms with Crippen LogP contribution in [0.3, 0.4) is 0 Å². The van der Waals surface area contributed by atoms with E-state index in [1.54, 1.807) is 0 Å². The van der Waals surface area contributed by atoms with Crippen LogP contribution in [0.1, 0.15) is 25.3 Å². The first-order valence-electron chi connectivity index (χ1n) is 6.46. The van der Waals surface area contributed by atoms with Gasteiger partial charge in [0.25, 0.3) is 0 Å². The van der Waals surface area contributed by atoms with Crippen molar-refractivity contribution in [3.05, 3.63) is 17.5 Å². The Balaban J connectivity index is 1.72.